The number of nitrogens with one attached hydrogen (secondary N) is 1. The lowest BCUT2D eigenvalue weighted by molar-refractivity contribution is 0.0923. The third-order valence-corrected chi connectivity index (χ3v) is 4.71. The Labute approximate surface area is 148 Å². The summed E-state index contributed by atoms with van der Waals surface area (Å²) >= 11 is 7.68. The number of carbonyl (C=O) groups excluding carboxylic acids is 1. The SMILES string of the molecule is CN(C)c1nc(CNC(=O)c2ccc(-c3ccccc3Cl)o2)cs1. The molecule has 7 heteroatoms. The maximum absolute atomic E-state index is 12.2. The van der Waals surface area contributed by atoms with E-state index >= 15 is 0 Å². The Hall–Kier alpha value is -2.31. The van der Waals surface area contributed by atoms with Crippen LogP contribution in [-0.2, 0) is 6.54 Å². The van der Waals surface area contributed by atoms with Crippen LogP contribution in [0.5, 0.6) is 0 Å². The summed E-state index contributed by atoms with van der Waals surface area (Å²) in [4.78, 5) is 18.6. The number of thiazole rings is 1. The van der Waals surface area contributed by atoms with Crippen molar-refractivity contribution in [2.24, 2.45) is 0 Å². The summed E-state index contributed by atoms with van der Waals surface area (Å²) in [5, 5.41) is 6.21. The highest BCUT2D eigenvalue weighted by atomic mass is 35.5. The van der Waals surface area contributed by atoms with Gasteiger partial charge in [-0.05, 0) is 24.3 Å². The molecule has 0 aliphatic carbocycles. The van der Waals surface area contributed by atoms with Crippen molar-refractivity contribution in [3.8, 4) is 11.3 Å². The molecular weight excluding hydrogens is 346 g/mol. The Bertz CT molecular complexity index is 857. The summed E-state index contributed by atoms with van der Waals surface area (Å²) in [6.45, 7) is 0.352. The molecule has 0 aliphatic heterocycles. The van der Waals surface area contributed by atoms with Crippen molar-refractivity contribution in [2.45, 2.75) is 6.54 Å². The minimum absolute atomic E-state index is 0.244. The lowest BCUT2D eigenvalue weighted by Gasteiger charge is -2.05. The smallest absolute Gasteiger partial charge is 0.287 e. The summed E-state index contributed by atoms with van der Waals surface area (Å²) in [5.41, 5.74) is 1.57. The van der Waals surface area contributed by atoms with Crippen LogP contribution in [0.15, 0.2) is 46.2 Å². The number of carbonyl (C=O) groups is 1. The van der Waals surface area contributed by atoms with Gasteiger partial charge in [0, 0.05) is 25.0 Å². The van der Waals surface area contributed by atoms with Crippen LogP contribution in [0.1, 0.15) is 16.2 Å². The molecule has 1 aromatic carbocycles. The molecule has 0 radical (unpaired) electrons. The molecule has 0 aliphatic rings. The fraction of sp³-hybridized carbons (Fsp3) is 0.176. The molecule has 0 unspecified atom stereocenters. The highest BCUT2D eigenvalue weighted by molar-refractivity contribution is 7.13. The Morgan fingerprint density at radius 2 is 2.08 bits per heavy atom. The molecule has 124 valence electrons. The average Bonchev–Trinajstić information content (AvgIpc) is 3.22. The van der Waals surface area contributed by atoms with Crippen LogP contribution in [0.25, 0.3) is 11.3 Å². The lowest BCUT2D eigenvalue weighted by atomic mass is 10.2. The second-order valence-electron chi connectivity index (χ2n) is 5.34. The van der Waals surface area contributed by atoms with E-state index in [0.29, 0.717) is 17.3 Å². The van der Waals surface area contributed by atoms with E-state index in [0.717, 1.165) is 16.4 Å². The second-order valence-corrected chi connectivity index (χ2v) is 6.59. The summed E-state index contributed by atoms with van der Waals surface area (Å²) in [6, 6.07) is 10.7. The number of rotatable bonds is 5. The number of benzene rings is 1. The first kappa shape index (κ1) is 16.5. The van der Waals surface area contributed by atoms with Crippen LogP contribution in [0, 0.1) is 0 Å². The van der Waals surface area contributed by atoms with E-state index in [1.54, 1.807) is 18.2 Å². The van der Waals surface area contributed by atoms with Gasteiger partial charge in [0.05, 0.1) is 17.3 Å². The van der Waals surface area contributed by atoms with Crippen LogP contribution in [0.4, 0.5) is 5.13 Å². The van der Waals surface area contributed by atoms with Gasteiger partial charge < -0.3 is 14.6 Å². The molecule has 5 nitrogen and oxygen atoms in total. The largest absolute Gasteiger partial charge is 0.451 e. The van der Waals surface area contributed by atoms with Gasteiger partial charge in [-0.3, -0.25) is 4.79 Å². The first-order valence-electron chi connectivity index (χ1n) is 7.29. The van der Waals surface area contributed by atoms with Gasteiger partial charge in [-0.15, -0.1) is 11.3 Å². The van der Waals surface area contributed by atoms with E-state index < -0.39 is 0 Å². The summed E-state index contributed by atoms with van der Waals surface area (Å²) in [5.74, 6) is 0.523. The van der Waals surface area contributed by atoms with Gasteiger partial charge in [0.2, 0.25) is 0 Å². The minimum Gasteiger partial charge on any atom is -0.451 e. The van der Waals surface area contributed by atoms with Gasteiger partial charge in [0.1, 0.15) is 5.76 Å². The minimum atomic E-state index is -0.285. The first-order valence-corrected chi connectivity index (χ1v) is 8.55. The average molecular weight is 362 g/mol. The Kier molecular flexibility index (Phi) is 4.87. The summed E-state index contributed by atoms with van der Waals surface area (Å²) in [7, 11) is 3.86. The molecule has 2 aromatic heterocycles. The van der Waals surface area contributed by atoms with Crippen molar-refractivity contribution in [1.29, 1.82) is 0 Å². The van der Waals surface area contributed by atoms with Gasteiger partial charge in [0.15, 0.2) is 10.9 Å². The molecule has 0 spiro atoms. The standard InChI is InChI=1S/C17H16ClN3O2S/c1-21(2)17-20-11(10-24-17)9-19-16(22)15-8-7-14(23-15)12-5-3-4-6-13(12)18/h3-8,10H,9H2,1-2H3,(H,19,22). The zero-order valence-corrected chi connectivity index (χ0v) is 14.8. The fourth-order valence-corrected chi connectivity index (χ4v) is 3.09. The predicted octanol–water partition coefficient (Wildman–Crippen LogP) is 4.05. The maximum Gasteiger partial charge on any atom is 0.287 e. The topological polar surface area (TPSA) is 58.4 Å². The van der Waals surface area contributed by atoms with E-state index in [9.17, 15) is 4.79 Å². The number of nitrogens with zero attached hydrogens (tertiary/aromatic N) is 2. The molecule has 3 rings (SSSR count). The van der Waals surface area contributed by atoms with Crippen molar-refractivity contribution in [3.63, 3.8) is 0 Å². The highest BCUT2D eigenvalue weighted by Crippen LogP contribution is 2.29. The maximum atomic E-state index is 12.2. The van der Waals surface area contributed by atoms with E-state index in [4.69, 9.17) is 16.0 Å². The van der Waals surface area contributed by atoms with Crippen molar-refractivity contribution in [2.75, 3.05) is 19.0 Å². The van der Waals surface area contributed by atoms with E-state index in [1.807, 2.05) is 42.6 Å². The molecule has 0 saturated heterocycles. The zero-order chi connectivity index (χ0) is 17.1. The van der Waals surface area contributed by atoms with Crippen molar-refractivity contribution >= 4 is 34.0 Å². The van der Waals surface area contributed by atoms with Gasteiger partial charge >= 0.3 is 0 Å². The van der Waals surface area contributed by atoms with E-state index in [2.05, 4.69) is 10.3 Å². The zero-order valence-electron chi connectivity index (χ0n) is 13.2. The number of aromatic nitrogens is 1. The Balaban J connectivity index is 1.66. The van der Waals surface area contributed by atoms with Gasteiger partial charge in [0.25, 0.3) is 5.91 Å². The molecule has 0 saturated carbocycles. The number of furan rings is 1. The van der Waals surface area contributed by atoms with E-state index in [-0.39, 0.29) is 11.7 Å². The molecule has 0 atom stereocenters. The van der Waals surface area contributed by atoms with Crippen LogP contribution in [0.2, 0.25) is 5.02 Å². The van der Waals surface area contributed by atoms with Gasteiger partial charge in [-0.1, -0.05) is 23.7 Å². The number of amides is 1. The summed E-state index contributed by atoms with van der Waals surface area (Å²) in [6.07, 6.45) is 0. The van der Waals surface area contributed by atoms with Crippen LogP contribution >= 0.6 is 22.9 Å². The number of anilines is 1. The highest BCUT2D eigenvalue weighted by Gasteiger charge is 2.14. The van der Waals surface area contributed by atoms with Crippen molar-refractivity contribution < 1.29 is 9.21 Å². The normalized spacial score (nSPS) is 10.6. The predicted molar refractivity (Wildman–Crippen MR) is 96.8 cm³/mol. The third kappa shape index (κ3) is 3.60. The molecule has 3 aromatic rings. The Morgan fingerprint density at radius 1 is 1.29 bits per heavy atom. The van der Waals surface area contributed by atoms with Crippen LogP contribution < -0.4 is 10.2 Å². The fourth-order valence-electron chi connectivity index (χ4n) is 2.11. The molecule has 0 fully saturated rings. The molecule has 0 bridgehead atoms. The van der Waals surface area contributed by atoms with Crippen molar-refractivity contribution in [3.05, 3.63) is 58.3 Å². The summed E-state index contributed by atoms with van der Waals surface area (Å²) < 4.78 is 5.62. The van der Waals surface area contributed by atoms with Crippen molar-refractivity contribution in [1.82, 2.24) is 10.3 Å². The Morgan fingerprint density at radius 3 is 2.79 bits per heavy atom. The molecule has 1 amide bonds. The first-order chi connectivity index (χ1) is 11.5. The van der Waals surface area contributed by atoms with Gasteiger partial charge in [-0.2, -0.15) is 0 Å². The number of hydrogen-bond acceptors (Lipinski definition) is 5. The second kappa shape index (κ2) is 7.07. The van der Waals surface area contributed by atoms with E-state index in [1.165, 1.54) is 11.3 Å². The molecule has 24 heavy (non-hydrogen) atoms. The quantitative estimate of drug-likeness (QED) is 0.744. The monoisotopic (exact) mass is 361 g/mol. The molecular formula is C17H16ClN3O2S. The lowest BCUT2D eigenvalue weighted by Crippen LogP contribution is -2.22. The van der Waals surface area contributed by atoms with Crippen LogP contribution in [-0.4, -0.2) is 25.0 Å². The third-order valence-electron chi connectivity index (χ3n) is 3.32. The molecule has 2 heterocycles. The number of halogens is 1. The van der Waals surface area contributed by atoms with Gasteiger partial charge in [-0.25, -0.2) is 4.98 Å². The van der Waals surface area contributed by atoms with Crippen LogP contribution in [0.3, 0.4) is 0 Å². The molecule has 1 N–H and O–H groups in total. The number of hydrogen-bond donors (Lipinski definition) is 1.